The maximum absolute atomic E-state index is 11.1. The van der Waals surface area contributed by atoms with Crippen molar-refractivity contribution in [3.63, 3.8) is 0 Å². The lowest BCUT2D eigenvalue weighted by atomic mass is 10.0. The molecule has 4 nitrogen and oxygen atoms in total. The Labute approximate surface area is 92.5 Å². The van der Waals surface area contributed by atoms with Crippen LogP contribution in [0.1, 0.15) is 22.3 Å². The van der Waals surface area contributed by atoms with Crippen molar-refractivity contribution in [2.24, 2.45) is 0 Å². The number of benzene rings is 1. The minimum absolute atomic E-state index is 0.113. The summed E-state index contributed by atoms with van der Waals surface area (Å²) in [4.78, 5) is 14.1. The number of fused-ring (bicyclic) bond motifs is 1. The number of aromatic amines is 1. The van der Waals surface area contributed by atoms with Gasteiger partial charge in [0, 0.05) is 23.7 Å². The van der Waals surface area contributed by atoms with Gasteiger partial charge in [0.1, 0.15) is 0 Å². The topological polar surface area (TPSA) is 73.3 Å². The second-order valence-electron chi connectivity index (χ2n) is 3.67. The van der Waals surface area contributed by atoms with E-state index in [1.165, 1.54) is 0 Å². The van der Waals surface area contributed by atoms with E-state index >= 15 is 0 Å². The van der Waals surface area contributed by atoms with Crippen LogP contribution in [0.2, 0.25) is 0 Å². The molecule has 0 radical (unpaired) electrons. The van der Waals surface area contributed by atoms with Crippen LogP contribution in [0, 0.1) is 0 Å². The average molecular weight is 219 g/mol. The summed E-state index contributed by atoms with van der Waals surface area (Å²) >= 11 is 0. The first kappa shape index (κ1) is 10.7. The molecular formula is C12H13NO3. The highest BCUT2D eigenvalue weighted by molar-refractivity contribution is 6.04. The third kappa shape index (κ3) is 1.79. The van der Waals surface area contributed by atoms with Gasteiger partial charge in [-0.1, -0.05) is 6.07 Å². The number of aliphatic hydroxyl groups is 1. The predicted molar refractivity (Wildman–Crippen MR) is 60.7 cm³/mol. The zero-order valence-corrected chi connectivity index (χ0v) is 8.73. The lowest BCUT2D eigenvalue weighted by Crippen LogP contribution is -1.98. The van der Waals surface area contributed by atoms with Gasteiger partial charge in [0.05, 0.1) is 5.56 Å². The number of H-pyrrole nitrogens is 1. The van der Waals surface area contributed by atoms with Crippen LogP contribution in [-0.2, 0) is 6.42 Å². The molecule has 2 aromatic rings. The number of nitrogens with one attached hydrogen (secondary N) is 1. The Kier molecular flexibility index (Phi) is 2.92. The lowest BCUT2D eigenvalue weighted by molar-refractivity contribution is 0.0699. The van der Waals surface area contributed by atoms with E-state index in [9.17, 15) is 4.79 Å². The van der Waals surface area contributed by atoms with Crippen LogP contribution < -0.4 is 0 Å². The summed E-state index contributed by atoms with van der Waals surface area (Å²) in [5.74, 6) is -0.921. The van der Waals surface area contributed by atoms with Crippen LogP contribution in [0.5, 0.6) is 0 Å². The summed E-state index contributed by atoms with van der Waals surface area (Å²) in [6.07, 6.45) is 3.13. The van der Waals surface area contributed by atoms with Gasteiger partial charge < -0.3 is 15.2 Å². The van der Waals surface area contributed by atoms with Gasteiger partial charge in [0.15, 0.2) is 0 Å². The van der Waals surface area contributed by atoms with Crippen molar-refractivity contribution in [1.82, 2.24) is 4.98 Å². The molecule has 2 rings (SSSR count). The zero-order valence-electron chi connectivity index (χ0n) is 8.73. The van der Waals surface area contributed by atoms with Crippen LogP contribution in [0.25, 0.3) is 10.9 Å². The van der Waals surface area contributed by atoms with Crippen molar-refractivity contribution in [3.8, 4) is 0 Å². The van der Waals surface area contributed by atoms with E-state index in [1.54, 1.807) is 12.1 Å². The molecule has 1 heterocycles. The Morgan fingerprint density at radius 2 is 2.19 bits per heavy atom. The third-order valence-electron chi connectivity index (χ3n) is 2.62. The molecule has 0 unspecified atom stereocenters. The number of aromatic nitrogens is 1. The fraction of sp³-hybridized carbons (Fsp3) is 0.250. The highest BCUT2D eigenvalue weighted by Crippen LogP contribution is 2.23. The molecule has 0 spiro atoms. The first-order valence-electron chi connectivity index (χ1n) is 5.17. The van der Waals surface area contributed by atoms with Crippen LogP contribution >= 0.6 is 0 Å². The minimum Gasteiger partial charge on any atom is -0.478 e. The molecular weight excluding hydrogens is 206 g/mol. The molecule has 1 aromatic carbocycles. The Balaban J connectivity index is 2.54. The predicted octanol–water partition coefficient (Wildman–Crippen LogP) is 1.79. The van der Waals surface area contributed by atoms with E-state index < -0.39 is 5.97 Å². The molecule has 1 aromatic heterocycles. The molecule has 0 bridgehead atoms. The minimum atomic E-state index is -0.921. The Morgan fingerprint density at radius 1 is 1.38 bits per heavy atom. The Morgan fingerprint density at radius 3 is 2.88 bits per heavy atom. The first-order valence-corrected chi connectivity index (χ1v) is 5.17. The molecule has 0 aliphatic rings. The lowest BCUT2D eigenvalue weighted by Gasteiger charge is -2.01. The molecule has 84 valence electrons. The second-order valence-corrected chi connectivity index (χ2v) is 3.67. The average Bonchev–Trinajstić information content (AvgIpc) is 2.69. The van der Waals surface area contributed by atoms with Crippen molar-refractivity contribution < 1.29 is 15.0 Å². The van der Waals surface area contributed by atoms with E-state index in [0.717, 1.165) is 16.5 Å². The molecule has 0 fully saturated rings. The molecule has 0 atom stereocenters. The van der Waals surface area contributed by atoms with Gasteiger partial charge in [-0.25, -0.2) is 4.79 Å². The van der Waals surface area contributed by atoms with Crippen LogP contribution in [0.4, 0.5) is 0 Å². The van der Waals surface area contributed by atoms with Crippen molar-refractivity contribution in [2.75, 3.05) is 6.61 Å². The SMILES string of the molecule is O=C(O)c1cccc2[nH]cc(CCCO)c12. The molecule has 3 N–H and O–H groups in total. The number of hydrogen-bond donors (Lipinski definition) is 3. The van der Waals surface area contributed by atoms with E-state index in [-0.39, 0.29) is 6.61 Å². The molecule has 0 amide bonds. The molecule has 0 saturated carbocycles. The number of carbonyl (C=O) groups is 1. The van der Waals surface area contributed by atoms with Crippen molar-refractivity contribution >= 4 is 16.9 Å². The van der Waals surface area contributed by atoms with E-state index in [2.05, 4.69) is 4.98 Å². The number of aromatic carboxylic acids is 1. The van der Waals surface area contributed by atoms with Crippen LogP contribution in [-0.4, -0.2) is 27.8 Å². The fourth-order valence-electron chi connectivity index (χ4n) is 1.90. The van der Waals surface area contributed by atoms with Crippen LogP contribution in [0.15, 0.2) is 24.4 Å². The smallest absolute Gasteiger partial charge is 0.336 e. The molecule has 0 aliphatic carbocycles. The fourth-order valence-corrected chi connectivity index (χ4v) is 1.90. The second kappa shape index (κ2) is 4.37. The zero-order chi connectivity index (χ0) is 11.5. The van der Waals surface area contributed by atoms with E-state index in [0.29, 0.717) is 18.4 Å². The summed E-state index contributed by atoms with van der Waals surface area (Å²) in [5, 5.41) is 18.6. The van der Waals surface area contributed by atoms with Crippen molar-refractivity contribution in [3.05, 3.63) is 35.5 Å². The third-order valence-corrected chi connectivity index (χ3v) is 2.62. The van der Waals surface area contributed by atoms with Crippen molar-refractivity contribution in [2.45, 2.75) is 12.8 Å². The summed E-state index contributed by atoms with van der Waals surface area (Å²) in [5.41, 5.74) is 2.08. The molecule has 4 heteroatoms. The Bertz CT molecular complexity index is 516. The highest BCUT2D eigenvalue weighted by atomic mass is 16.4. The molecule has 0 saturated heterocycles. The quantitative estimate of drug-likeness (QED) is 0.734. The maximum Gasteiger partial charge on any atom is 0.336 e. The summed E-state index contributed by atoms with van der Waals surface area (Å²) < 4.78 is 0. The number of aliphatic hydroxyl groups excluding tert-OH is 1. The van der Waals surface area contributed by atoms with Gasteiger partial charge in [0.2, 0.25) is 0 Å². The number of carboxylic acid groups (broad SMARTS) is 1. The molecule has 0 aliphatic heterocycles. The van der Waals surface area contributed by atoms with Crippen molar-refractivity contribution in [1.29, 1.82) is 0 Å². The monoisotopic (exact) mass is 219 g/mol. The van der Waals surface area contributed by atoms with Crippen LogP contribution in [0.3, 0.4) is 0 Å². The maximum atomic E-state index is 11.1. The summed E-state index contributed by atoms with van der Waals surface area (Å²) in [6.45, 7) is 0.113. The molecule has 16 heavy (non-hydrogen) atoms. The van der Waals surface area contributed by atoms with E-state index in [4.69, 9.17) is 10.2 Å². The summed E-state index contributed by atoms with van der Waals surface area (Å²) in [7, 11) is 0. The van der Waals surface area contributed by atoms with Gasteiger partial charge in [-0.2, -0.15) is 0 Å². The van der Waals surface area contributed by atoms with E-state index in [1.807, 2.05) is 12.3 Å². The number of carboxylic acids is 1. The Hall–Kier alpha value is -1.81. The van der Waals surface area contributed by atoms with Gasteiger partial charge in [0.25, 0.3) is 0 Å². The first-order chi connectivity index (χ1) is 7.74. The van der Waals surface area contributed by atoms with Gasteiger partial charge in [-0.15, -0.1) is 0 Å². The largest absolute Gasteiger partial charge is 0.478 e. The van der Waals surface area contributed by atoms with Gasteiger partial charge in [-0.3, -0.25) is 0 Å². The normalized spacial score (nSPS) is 10.8. The van der Waals surface area contributed by atoms with Gasteiger partial charge in [-0.05, 0) is 30.5 Å². The summed E-state index contributed by atoms with van der Waals surface area (Å²) in [6, 6.07) is 5.17. The highest BCUT2D eigenvalue weighted by Gasteiger charge is 2.12. The number of hydrogen-bond acceptors (Lipinski definition) is 2. The van der Waals surface area contributed by atoms with Gasteiger partial charge >= 0.3 is 5.97 Å². The number of rotatable bonds is 4. The number of aryl methyl sites for hydroxylation is 1. The standard InChI is InChI=1S/C12H13NO3/c14-6-2-3-8-7-13-10-5-1-4-9(11(8)10)12(15)16/h1,4-5,7,13-14H,2-3,6H2,(H,15,16).